The van der Waals surface area contributed by atoms with Gasteiger partial charge in [0.1, 0.15) is 0 Å². The molecule has 0 radical (unpaired) electrons. The number of hydrogen-bond donors (Lipinski definition) is 0. The summed E-state index contributed by atoms with van der Waals surface area (Å²) in [5, 5.41) is 9.28. The highest BCUT2D eigenvalue weighted by Gasteiger charge is 2.32. The van der Waals surface area contributed by atoms with Gasteiger partial charge in [-0.3, -0.25) is 9.80 Å². The second kappa shape index (κ2) is 6.92. The monoisotopic (exact) mass is 297 g/mol. The molecule has 1 atom stereocenters. The normalized spacial score (nSPS) is 19.1. The van der Waals surface area contributed by atoms with Gasteiger partial charge in [0.15, 0.2) is 0 Å². The van der Waals surface area contributed by atoms with Gasteiger partial charge in [-0.1, -0.05) is 30.3 Å². The van der Waals surface area contributed by atoms with Crippen molar-refractivity contribution in [3.8, 4) is 6.07 Å². The molecule has 6 heteroatoms. The van der Waals surface area contributed by atoms with Gasteiger partial charge in [-0.25, -0.2) is 0 Å². The van der Waals surface area contributed by atoms with Gasteiger partial charge in [0.25, 0.3) is 0 Å². The highest BCUT2D eigenvalue weighted by molar-refractivity contribution is 5.25. The molecule has 0 N–H and O–H groups in total. The summed E-state index contributed by atoms with van der Waals surface area (Å²) in [5.41, 5.74) is 0.956. The van der Waals surface area contributed by atoms with Gasteiger partial charge < -0.3 is 0 Å². The number of halogens is 3. The van der Waals surface area contributed by atoms with Crippen LogP contribution in [0.25, 0.3) is 0 Å². The Bertz CT molecular complexity index is 473. The van der Waals surface area contributed by atoms with Gasteiger partial charge in [-0.05, 0) is 5.56 Å². The molecule has 1 heterocycles. The fourth-order valence-corrected chi connectivity index (χ4v) is 2.55. The van der Waals surface area contributed by atoms with Crippen molar-refractivity contribution in [3.63, 3.8) is 0 Å². The van der Waals surface area contributed by atoms with Crippen molar-refractivity contribution in [1.29, 1.82) is 5.26 Å². The predicted molar refractivity (Wildman–Crippen MR) is 73.7 cm³/mol. The van der Waals surface area contributed by atoms with E-state index in [-0.39, 0.29) is 5.92 Å². The van der Waals surface area contributed by atoms with E-state index in [0.717, 1.165) is 5.56 Å². The summed E-state index contributed by atoms with van der Waals surface area (Å²) >= 11 is 0. The molecule has 1 aromatic rings. The van der Waals surface area contributed by atoms with Crippen LogP contribution in [0, 0.1) is 11.3 Å². The molecule has 1 fully saturated rings. The number of nitriles is 1. The average Bonchev–Trinajstić information content (AvgIpc) is 2.46. The van der Waals surface area contributed by atoms with Crippen molar-refractivity contribution < 1.29 is 13.2 Å². The number of alkyl halides is 3. The summed E-state index contributed by atoms with van der Waals surface area (Å²) < 4.78 is 37.0. The largest absolute Gasteiger partial charge is 0.401 e. The zero-order chi connectivity index (χ0) is 15.3. The first-order chi connectivity index (χ1) is 9.98. The van der Waals surface area contributed by atoms with Crippen LogP contribution >= 0.6 is 0 Å². The highest BCUT2D eigenvalue weighted by atomic mass is 19.4. The minimum Gasteiger partial charge on any atom is -0.299 e. The first-order valence-corrected chi connectivity index (χ1v) is 6.94. The number of piperazine rings is 1. The van der Waals surface area contributed by atoms with Crippen LogP contribution in [0.4, 0.5) is 13.2 Å². The van der Waals surface area contributed by atoms with Gasteiger partial charge in [0.2, 0.25) is 0 Å². The topological polar surface area (TPSA) is 30.3 Å². The van der Waals surface area contributed by atoms with Gasteiger partial charge in [0.05, 0.1) is 18.5 Å². The van der Waals surface area contributed by atoms with E-state index < -0.39 is 12.7 Å². The lowest BCUT2D eigenvalue weighted by atomic mass is 10.00. The van der Waals surface area contributed by atoms with Crippen molar-refractivity contribution in [1.82, 2.24) is 9.80 Å². The molecule has 0 spiro atoms. The third-order valence-corrected chi connectivity index (χ3v) is 3.67. The van der Waals surface area contributed by atoms with Crippen LogP contribution in [0.3, 0.4) is 0 Å². The lowest BCUT2D eigenvalue weighted by molar-refractivity contribution is -0.149. The Labute approximate surface area is 122 Å². The molecule has 0 bridgehead atoms. The van der Waals surface area contributed by atoms with E-state index in [1.54, 1.807) is 0 Å². The number of rotatable bonds is 4. The first kappa shape index (κ1) is 15.8. The lowest BCUT2D eigenvalue weighted by Crippen LogP contribution is -2.49. The van der Waals surface area contributed by atoms with Crippen LogP contribution in [0.1, 0.15) is 11.5 Å². The van der Waals surface area contributed by atoms with Crippen LogP contribution in [-0.2, 0) is 0 Å². The van der Waals surface area contributed by atoms with Crippen molar-refractivity contribution in [2.75, 3.05) is 39.3 Å². The summed E-state index contributed by atoms with van der Waals surface area (Å²) in [4.78, 5) is 3.48. The first-order valence-electron chi connectivity index (χ1n) is 6.94. The van der Waals surface area contributed by atoms with Crippen molar-refractivity contribution in [2.24, 2.45) is 0 Å². The van der Waals surface area contributed by atoms with E-state index in [0.29, 0.717) is 32.7 Å². The predicted octanol–water partition coefficient (Wildman–Crippen LogP) is 2.47. The molecule has 0 saturated carbocycles. The van der Waals surface area contributed by atoms with Gasteiger partial charge in [0, 0.05) is 32.7 Å². The van der Waals surface area contributed by atoms with Crippen LogP contribution in [-0.4, -0.2) is 55.2 Å². The average molecular weight is 297 g/mol. The maximum atomic E-state index is 12.3. The summed E-state index contributed by atoms with van der Waals surface area (Å²) in [5.74, 6) is -0.236. The van der Waals surface area contributed by atoms with E-state index in [2.05, 4.69) is 11.0 Å². The molecule has 0 aliphatic carbocycles. The van der Waals surface area contributed by atoms with Crippen molar-refractivity contribution >= 4 is 0 Å². The molecule has 0 amide bonds. The van der Waals surface area contributed by atoms with Gasteiger partial charge in [-0.2, -0.15) is 18.4 Å². The summed E-state index contributed by atoms with van der Waals surface area (Å²) in [6.07, 6.45) is -4.14. The molecule has 1 unspecified atom stereocenters. The molecule has 3 nitrogen and oxygen atoms in total. The van der Waals surface area contributed by atoms with Crippen LogP contribution in [0.5, 0.6) is 0 Å². The Hall–Kier alpha value is -1.58. The molecule has 1 aromatic carbocycles. The van der Waals surface area contributed by atoms with E-state index in [1.165, 1.54) is 4.90 Å². The number of benzene rings is 1. The standard InChI is InChI=1S/C15H18F3N3/c16-15(17,18)12-21-8-6-20(7-9-21)11-14(10-19)13-4-2-1-3-5-13/h1-5,14H,6-9,11-12H2. The van der Waals surface area contributed by atoms with Crippen LogP contribution in [0.15, 0.2) is 30.3 Å². The molecular formula is C15H18F3N3. The summed E-state index contributed by atoms with van der Waals surface area (Å²) in [6, 6.07) is 11.8. The van der Waals surface area contributed by atoms with Crippen LogP contribution in [0.2, 0.25) is 0 Å². The van der Waals surface area contributed by atoms with E-state index in [1.807, 2.05) is 30.3 Å². The zero-order valence-corrected chi connectivity index (χ0v) is 11.7. The Morgan fingerprint density at radius 2 is 1.62 bits per heavy atom. The summed E-state index contributed by atoms with van der Waals surface area (Å²) in [7, 11) is 0. The van der Waals surface area contributed by atoms with Crippen molar-refractivity contribution in [2.45, 2.75) is 12.1 Å². The van der Waals surface area contributed by atoms with Crippen LogP contribution < -0.4 is 0 Å². The fourth-order valence-electron chi connectivity index (χ4n) is 2.55. The van der Waals surface area contributed by atoms with Crippen molar-refractivity contribution in [3.05, 3.63) is 35.9 Å². The number of hydrogen-bond acceptors (Lipinski definition) is 3. The Morgan fingerprint density at radius 1 is 1.05 bits per heavy atom. The quantitative estimate of drug-likeness (QED) is 0.855. The molecule has 1 aliphatic heterocycles. The second-order valence-electron chi connectivity index (χ2n) is 5.28. The Morgan fingerprint density at radius 3 is 2.14 bits per heavy atom. The van der Waals surface area contributed by atoms with E-state index >= 15 is 0 Å². The second-order valence-corrected chi connectivity index (χ2v) is 5.28. The Balaban J connectivity index is 1.84. The summed E-state index contributed by atoms with van der Waals surface area (Å²) in [6.45, 7) is 1.66. The molecule has 21 heavy (non-hydrogen) atoms. The molecule has 1 saturated heterocycles. The molecule has 114 valence electrons. The van der Waals surface area contributed by atoms with E-state index in [4.69, 9.17) is 0 Å². The SMILES string of the molecule is N#CC(CN1CCN(CC(F)(F)F)CC1)c1ccccc1. The zero-order valence-electron chi connectivity index (χ0n) is 11.7. The smallest absolute Gasteiger partial charge is 0.299 e. The number of nitrogens with zero attached hydrogens (tertiary/aromatic N) is 3. The van der Waals surface area contributed by atoms with E-state index in [9.17, 15) is 18.4 Å². The molecule has 0 aromatic heterocycles. The molecule has 1 aliphatic rings. The highest BCUT2D eigenvalue weighted by Crippen LogP contribution is 2.20. The lowest BCUT2D eigenvalue weighted by Gasteiger charge is -2.35. The molecule has 2 rings (SSSR count). The maximum absolute atomic E-state index is 12.3. The third kappa shape index (κ3) is 5.03. The maximum Gasteiger partial charge on any atom is 0.401 e. The fraction of sp³-hybridized carbons (Fsp3) is 0.533. The minimum absolute atomic E-state index is 0.236. The minimum atomic E-state index is -4.14. The van der Waals surface area contributed by atoms with Gasteiger partial charge in [-0.15, -0.1) is 0 Å². The third-order valence-electron chi connectivity index (χ3n) is 3.67. The molecular weight excluding hydrogens is 279 g/mol. The Kier molecular flexibility index (Phi) is 5.21. The van der Waals surface area contributed by atoms with Gasteiger partial charge >= 0.3 is 6.18 Å².